The van der Waals surface area contributed by atoms with Crippen LogP contribution in [0.5, 0.6) is 0 Å². The van der Waals surface area contributed by atoms with Crippen molar-refractivity contribution in [2.24, 2.45) is 23.3 Å². The maximum absolute atomic E-state index is 6.01. The lowest BCUT2D eigenvalue weighted by Gasteiger charge is -2.42. The summed E-state index contributed by atoms with van der Waals surface area (Å²) in [6.45, 7) is 2.00. The maximum atomic E-state index is 6.01. The van der Waals surface area contributed by atoms with Crippen molar-refractivity contribution in [3.05, 3.63) is 34.6 Å². The molecule has 82 valence electrons. The van der Waals surface area contributed by atoms with E-state index in [0.29, 0.717) is 5.76 Å². The Kier molecular flexibility index (Phi) is 2.14. The molecule has 4 heteroatoms. The van der Waals surface area contributed by atoms with Crippen molar-refractivity contribution in [2.75, 3.05) is 14.2 Å². The van der Waals surface area contributed by atoms with E-state index in [4.69, 9.17) is 20.9 Å². The number of ether oxygens (including phenoxy) is 2. The van der Waals surface area contributed by atoms with E-state index in [2.05, 4.69) is 0 Å². The molecule has 2 aliphatic carbocycles. The molecule has 2 rings (SSSR count). The lowest BCUT2D eigenvalue weighted by molar-refractivity contribution is 0.201. The third-order valence-electron chi connectivity index (χ3n) is 3.25. The van der Waals surface area contributed by atoms with E-state index in [-0.39, 0.29) is 11.8 Å². The third kappa shape index (κ3) is 1.14. The highest BCUT2D eigenvalue weighted by Crippen LogP contribution is 2.48. The molecule has 0 saturated heterocycles. The first-order valence-corrected chi connectivity index (χ1v) is 4.87. The SMILES string of the molecule is COC1=CC(OC)=C(N)C2C(C)=C(N)[C@H]12. The Morgan fingerprint density at radius 2 is 1.73 bits per heavy atom. The van der Waals surface area contributed by atoms with Gasteiger partial charge < -0.3 is 20.9 Å². The van der Waals surface area contributed by atoms with Crippen molar-refractivity contribution < 1.29 is 9.47 Å². The molecule has 1 unspecified atom stereocenters. The third-order valence-corrected chi connectivity index (χ3v) is 3.25. The smallest absolute Gasteiger partial charge is 0.141 e. The summed E-state index contributed by atoms with van der Waals surface area (Å²) in [5.41, 5.74) is 14.7. The summed E-state index contributed by atoms with van der Waals surface area (Å²) in [6.07, 6.45) is 1.82. The Labute approximate surface area is 89.2 Å². The number of allylic oxidation sites excluding steroid dienone is 2. The van der Waals surface area contributed by atoms with Gasteiger partial charge in [-0.15, -0.1) is 0 Å². The molecule has 0 spiro atoms. The molecule has 4 nitrogen and oxygen atoms in total. The van der Waals surface area contributed by atoms with Gasteiger partial charge in [0.25, 0.3) is 0 Å². The molecular formula is C11H16N2O2. The van der Waals surface area contributed by atoms with Gasteiger partial charge in [0.05, 0.1) is 25.8 Å². The lowest BCUT2D eigenvalue weighted by Crippen LogP contribution is -2.41. The van der Waals surface area contributed by atoms with Gasteiger partial charge in [-0.3, -0.25) is 0 Å². The monoisotopic (exact) mass is 208 g/mol. The van der Waals surface area contributed by atoms with Gasteiger partial charge in [0.2, 0.25) is 0 Å². The van der Waals surface area contributed by atoms with Crippen LogP contribution in [0, 0.1) is 11.8 Å². The Morgan fingerprint density at radius 1 is 1.07 bits per heavy atom. The Hall–Kier alpha value is -1.58. The van der Waals surface area contributed by atoms with Gasteiger partial charge in [0, 0.05) is 17.7 Å². The molecule has 0 radical (unpaired) electrons. The lowest BCUT2D eigenvalue weighted by atomic mass is 9.67. The first-order valence-electron chi connectivity index (χ1n) is 4.87. The molecule has 2 aliphatic rings. The molecule has 15 heavy (non-hydrogen) atoms. The van der Waals surface area contributed by atoms with Crippen molar-refractivity contribution in [1.82, 2.24) is 0 Å². The number of hydrogen-bond donors (Lipinski definition) is 2. The highest BCUT2D eigenvalue weighted by Gasteiger charge is 2.44. The molecular weight excluding hydrogens is 192 g/mol. The van der Waals surface area contributed by atoms with E-state index >= 15 is 0 Å². The van der Waals surface area contributed by atoms with Gasteiger partial charge in [-0.1, -0.05) is 0 Å². The minimum atomic E-state index is 0.105. The van der Waals surface area contributed by atoms with Gasteiger partial charge in [-0.2, -0.15) is 0 Å². The van der Waals surface area contributed by atoms with Gasteiger partial charge in [0.1, 0.15) is 11.5 Å². The van der Waals surface area contributed by atoms with Crippen LogP contribution < -0.4 is 11.5 Å². The molecule has 2 atom stereocenters. The van der Waals surface area contributed by atoms with E-state index < -0.39 is 0 Å². The predicted octanol–water partition coefficient (Wildman–Crippen LogP) is 0.826. The van der Waals surface area contributed by atoms with E-state index in [1.165, 1.54) is 0 Å². The number of rotatable bonds is 2. The van der Waals surface area contributed by atoms with Crippen LogP contribution in [0.3, 0.4) is 0 Å². The average molecular weight is 208 g/mol. The first-order chi connectivity index (χ1) is 7.11. The average Bonchev–Trinajstić information content (AvgIpc) is 2.27. The summed E-state index contributed by atoms with van der Waals surface area (Å²) in [4.78, 5) is 0. The Bertz CT molecular complexity index is 393. The van der Waals surface area contributed by atoms with Crippen LogP contribution in [-0.2, 0) is 9.47 Å². The fourth-order valence-electron chi connectivity index (χ4n) is 2.31. The normalized spacial score (nSPS) is 29.4. The largest absolute Gasteiger partial charge is 0.500 e. The number of nitrogens with two attached hydrogens (primary N) is 2. The van der Waals surface area contributed by atoms with Crippen molar-refractivity contribution in [3.8, 4) is 0 Å². The fourth-order valence-corrected chi connectivity index (χ4v) is 2.31. The van der Waals surface area contributed by atoms with Gasteiger partial charge >= 0.3 is 0 Å². The van der Waals surface area contributed by atoms with E-state index in [1.807, 2.05) is 13.0 Å². The van der Waals surface area contributed by atoms with Crippen molar-refractivity contribution in [1.29, 1.82) is 0 Å². The van der Waals surface area contributed by atoms with Crippen LogP contribution in [0.1, 0.15) is 6.92 Å². The Balaban J connectivity index is 2.47. The molecule has 0 aromatic carbocycles. The highest BCUT2D eigenvalue weighted by atomic mass is 16.5. The van der Waals surface area contributed by atoms with Crippen molar-refractivity contribution in [2.45, 2.75) is 6.92 Å². The molecule has 0 fully saturated rings. The zero-order valence-corrected chi connectivity index (χ0v) is 9.20. The summed E-state index contributed by atoms with van der Waals surface area (Å²) in [5, 5.41) is 0. The van der Waals surface area contributed by atoms with Gasteiger partial charge in [0.15, 0.2) is 0 Å². The van der Waals surface area contributed by atoms with Crippen LogP contribution >= 0.6 is 0 Å². The first kappa shape index (κ1) is 9.96. The van der Waals surface area contributed by atoms with Crippen LogP contribution in [-0.4, -0.2) is 14.2 Å². The number of methoxy groups -OCH3 is 2. The van der Waals surface area contributed by atoms with E-state index in [1.54, 1.807) is 14.2 Å². The van der Waals surface area contributed by atoms with Gasteiger partial charge in [-0.25, -0.2) is 0 Å². The fraction of sp³-hybridized carbons (Fsp3) is 0.455. The molecule has 0 heterocycles. The molecule has 0 aromatic heterocycles. The quantitative estimate of drug-likeness (QED) is 0.705. The van der Waals surface area contributed by atoms with Gasteiger partial charge in [-0.05, 0) is 12.5 Å². The summed E-state index contributed by atoms with van der Waals surface area (Å²) < 4.78 is 10.5. The van der Waals surface area contributed by atoms with E-state index in [0.717, 1.165) is 22.7 Å². The maximum Gasteiger partial charge on any atom is 0.141 e. The van der Waals surface area contributed by atoms with Crippen molar-refractivity contribution in [3.63, 3.8) is 0 Å². The zero-order chi connectivity index (χ0) is 11.2. The molecule has 0 bridgehead atoms. The zero-order valence-electron chi connectivity index (χ0n) is 9.20. The van der Waals surface area contributed by atoms with Crippen LogP contribution in [0.15, 0.2) is 34.6 Å². The molecule has 0 saturated carbocycles. The second kappa shape index (κ2) is 3.22. The summed E-state index contributed by atoms with van der Waals surface area (Å²) >= 11 is 0. The van der Waals surface area contributed by atoms with Crippen LogP contribution in [0.2, 0.25) is 0 Å². The topological polar surface area (TPSA) is 70.5 Å². The van der Waals surface area contributed by atoms with E-state index in [9.17, 15) is 0 Å². The second-order valence-electron chi connectivity index (χ2n) is 3.87. The standard InChI is InChI=1S/C11H16N2O2/c1-5-8-9(10(5)12)6(14-2)4-7(15-3)11(8)13/h4,8-9H,12-13H2,1-3H3/t8?,9-/m1/s1. The second-order valence-corrected chi connectivity index (χ2v) is 3.87. The summed E-state index contributed by atoms with van der Waals surface area (Å²) in [6, 6.07) is 0. The number of fused-ring (bicyclic) bond motifs is 1. The van der Waals surface area contributed by atoms with Crippen LogP contribution in [0.25, 0.3) is 0 Å². The predicted molar refractivity (Wildman–Crippen MR) is 57.2 cm³/mol. The molecule has 0 aliphatic heterocycles. The summed E-state index contributed by atoms with van der Waals surface area (Å²) in [5.74, 6) is 1.77. The minimum Gasteiger partial charge on any atom is -0.500 e. The van der Waals surface area contributed by atoms with Crippen LogP contribution in [0.4, 0.5) is 0 Å². The molecule has 0 aromatic rings. The highest BCUT2D eigenvalue weighted by molar-refractivity contribution is 5.47. The number of hydrogen-bond acceptors (Lipinski definition) is 4. The molecule has 4 N–H and O–H groups in total. The minimum absolute atomic E-state index is 0.105. The molecule has 0 amide bonds. The Morgan fingerprint density at radius 3 is 2.27 bits per heavy atom. The summed E-state index contributed by atoms with van der Waals surface area (Å²) in [7, 11) is 3.24. The van der Waals surface area contributed by atoms with Crippen molar-refractivity contribution >= 4 is 0 Å².